The molecule has 1 atom stereocenters. The fourth-order valence-corrected chi connectivity index (χ4v) is 1.95. The molecule has 88 valence electrons. The standard InChI is InChI=1S/C13H17ClO2/c1-13(2,3)11(8-12(14)16)9-4-6-10(15)7-5-9/h4-7,11,15H,8H2,1-3H3. The van der Waals surface area contributed by atoms with E-state index < -0.39 is 0 Å². The molecule has 0 saturated heterocycles. The molecule has 1 rings (SSSR count). The Labute approximate surface area is 101 Å². The van der Waals surface area contributed by atoms with Gasteiger partial charge < -0.3 is 5.11 Å². The Kier molecular flexibility index (Phi) is 3.98. The molecule has 1 N–H and O–H groups in total. The quantitative estimate of drug-likeness (QED) is 0.819. The zero-order valence-electron chi connectivity index (χ0n) is 9.83. The lowest BCUT2D eigenvalue weighted by Crippen LogP contribution is -2.20. The normalized spacial score (nSPS) is 13.5. The van der Waals surface area contributed by atoms with Crippen LogP contribution in [0.3, 0.4) is 0 Å². The molecule has 0 fully saturated rings. The van der Waals surface area contributed by atoms with Crippen LogP contribution in [0.4, 0.5) is 0 Å². The number of phenolic OH excluding ortho intramolecular Hbond substituents is 1. The van der Waals surface area contributed by atoms with Gasteiger partial charge in [-0.15, -0.1) is 0 Å². The molecule has 0 spiro atoms. The molecule has 1 unspecified atom stereocenters. The summed E-state index contributed by atoms with van der Waals surface area (Å²) < 4.78 is 0. The van der Waals surface area contributed by atoms with Crippen LogP contribution in [-0.2, 0) is 4.79 Å². The van der Waals surface area contributed by atoms with E-state index in [0.29, 0.717) is 6.42 Å². The molecule has 16 heavy (non-hydrogen) atoms. The van der Waals surface area contributed by atoms with Crippen LogP contribution in [0.15, 0.2) is 24.3 Å². The van der Waals surface area contributed by atoms with Gasteiger partial charge in [0, 0.05) is 6.42 Å². The molecule has 0 radical (unpaired) electrons. The van der Waals surface area contributed by atoms with E-state index in [1.807, 2.05) is 12.1 Å². The molecular weight excluding hydrogens is 224 g/mol. The van der Waals surface area contributed by atoms with Gasteiger partial charge in [0.25, 0.3) is 0 Å². The van der Waals surface area contributed by atoms with Crippen LogP contribution in [0.5, 0.6) is 5.75 Å². The van der Waals surface area contributed by atoms with E-state index in [1.165, 1.54) is 0 Å². The van der Waals surface area contributed by atoms with Crippen molar-refractivity contribution < 1.29 is 9.90 Å². The lowest BCUT2D eigenvalue weighted by molar-refractivity contribution is -0.112. The summed E-state index contributed by atoms with van der Waals surface area (Å²) in [6.07, 6.45) is 0.315. The Bertz CT molecular complexity index is 363. The van der Waals surface area contributed by atoms with Gasteiger partial charge in [0.1, 0.15) is 5.75 Å². The Morgan fingerprint density at radius 3 is 2.19 bits per heavy atom. The summed E-state index contributed by atoms with van der Waals surface area (Å²) in [5.41, 5.74) is 0.987. The van der Waals surface area contributed by atoms with Crippen LogP contribution < -0.4 is 0 Å². The van der Waals surface area contributed by atoms with E-state index in [-0.39, 0.29) is 22.3 Å². The average Bonchev–Trinajstić information content (AvgIpc) is 2.14. The van der Waals surface area contributed by atoms with Crippen LogP contribution in [0.25, 0.3) is 0 Å². The Morgan fingerprint density at radius 1 is 1.31 bits per heavy atom. The topological polar surface area (TPSA) is 37.3 Å². The van der Waals surface area contributed by atoms with Gasteiger partial charge in [-0.1, -0.05) is 32.9 Å². The first-order valence-electron chi connectivity index (χ1n) is 5.28. The molecule has 0 heterocycles. The predicted molar refractivity (Wildman–Crippen MR) is 65.8 cm³/mol. The summed E-state index contributed by atoms with van der Waals surface area (Å²) >= 11 is 5.47. The minimum absolute atomic E-state index is 0.0402. The second-order valence-corrected chi connectivity index (χ2v) is 5.49. The molecule has 0 aliphatic heterocycles. The van der Waals surface area contributed by atoms with Crippen molar-refractivity contribution in [2.75, 3.05) is 0 Å². The third kappa shape index (κ3) is 3.53. The Morgan fingerprint density at radius 2 is 1.81 bits per heavy atom. The third-order valence-electron chi connectivity index (χ3n) is 2.71. The van der Waals surface area contributed by atoms with Crippen LogP contribution in [0, 0.1) is 5.41 Å². The summed E-state index contributed by atoms with van der Waals surface area (Å²) in [6, 6.07) is 6.94. The fourth-order valence-electron chi connectivity index (χ4n) is 1.79. The van der Waals surface area contributed by atoms with E-state index in [2.05, 4.69) is 20.8 Å². The van der Waals surface area contributed by atoms with Gasteiger partial charge in [0.15, 0.2) is 0 Å². The van der Waals surface area contributed by atoms with Crippen molar-refractivity contribution in [1.82, 2.24) is 0 Å². The van der Waals surface area contributed by atoms with Crippen molar-refractivity contribution >= 4 is 16.8 Å². The monoisotopic (exact) mass is 240 g/mol. The van der Waals surface area contributed by atoms with Gasteiger partial charge in [-0.25, -0.2) is 0 Å². The van der Waals surface area contributed by atoms with Crippen molar-refractivity contribution in [2.24, 2.45) is 5.41 Å². The summed E-state index contributed by atoms with van der Waals surface area (Å²) in [4.78, 5) is 11.1. The molecule has 0 aliphatic rings. The number of aromatic hydroxyl groups is 1. The maximum absolute atomic E-state index is 11.1. The van der Waals surface area contributed by atoms with E-state index in [9.17, 15) is 9.90 Å². The molecule has 0 aromatic heterocycles. The maximum Gasteiger partial charge on any atom is 0.222 e. The number of halogens is 1. The summed E-state index contributed by atoms with van der Waals surface area (Å²) in [6.45, 7) is 6.22. The lowest BCUT2D eigenvalue weighted by atomic mass is 9.75. The molecule has 0 bridgehead atoms. The van der Waals surface area contributed by atoms with Gasteiger partial charge in [-0.05, 0) is 40.6 Å². The van der Waals surface area contributed by atoms with Crippen LogP contribution >= 0.6 is 11.6 Å². The summed E-state index contributed by atoms with van der Waals surface area (Å²) in [7, 11) is 0. The van der Waals surface area contributed by atoms with Crippen molar-refractivity contribution in [1.29, 1.82) is 0 Å². The predicted octanol–water partition coefficient (Wildman–Crippen LogP) is 3.68. The molecule has 2 nitrogen and oxygen atoms in total. The Hall–Kier alpha value is -1.02. The van der Waals surface area contributed by atoms with Gasteiger partial charge in [-0.2, -0.15) is 0 Å². The number of rotatable bonds is 3. The van der Waals surface area contributed by atoms with Gasteiger partial charge in [0.2, 0.25) is 5.24 Å². The zero-order valence-corrected chi connectivity index (χ0v) is 10.6. The number of carbonyl (C=O) groups excluding carboxylic acids is 1. The highest BCUT2D eigenvalue weighted by molar-refractivity contribution is 6.63. The molecule has 1 aromatic rings. The minimum atomic E-state index is -0.326. The largest absolute Gasteiger partial charge is 0.508 e. The highest BCUT2D eigenvalue weighted by Gasteiger charge is 2.27. The zero-order chi connectivity index (χ0) is 12.3. The molecular formula is C13H17ClO2. The highest BCUT2D eigenvalue weighted by atomic mass is 35.5. The van der Waals surface area contributed by atoms with Crippen molar-refractivity contribution in [3.05, 3.63) is 29.8 Å². The first kappa shape index (κ1) is 13.0. The van der Waals surface area contributed by atoms with E-state index in [1.54, 1.807) is 12.1 Å². The van der Waals surface area contributed by atoms with Crippen LogP contribution in [-0.4, -0.2) is 10.3 Å². The molecule has 0 amide bonds. The Balaban J connectivity index is 3.01. The van der Waals surface area contributed by atoms with Crippen LogP contribution in [0.2, 0.25) is 0 Å². The molecule has 3 heteroatoms. The van der Waals surface area contributed by atoms with Crippen molar-refractivity contribution in [3.8, 4) is 5.75 Å². The lowest BCUT2D eigenvalue weighted by Gasteiger charge is -2.30. The second kappa shape index (κ2) is 4.88. The first-order valence-corrected chi connectivity index (χ1v) is 5.66. The highest BCUT2D eigenvalue weighted by Crippen LogP contribution is 2.38. The van der Waals surface area contributed by atoms with E-state index in [0.717, 1.165) is 5.56 Å². The average molecular weight is 241 g/mol. The van der Waals surface area contributed by atoms with E-state index in [4.69, 9.17) is 11.6 Å². The van der Waals surface area contributed by atoms with Crippen molar-refractivity contribution in [3.63, 3.8) is 0 Å². The van der Waals surface area contributed by atoms with Crippen LogP contribution in [0.1, 0.15) is 38.7 Å². The first-order chi connectivity index (χ1) is 7.30. The summed E-state index contributed by atoms with van der Waals surface area (Å²) in [5.74, 6) is 0.298. The van der Waals surface area contributed by atoms with E-state index >= 15 is 0 Å². The van der Waals surface area contributed by atoms with Gasteiger partial charge in [-0.3, -0.25) is 4.79 Å². The maximum atomic E-state index is 11.1. The smallest absolute Gasteiger partial charge is 0.222 e. The summed E-state index contributed by atoms with van der Waals surface area (Å²) in [5, 5.41) is 8.90. The fraction of sp³-hybridized carbons (Fsp3) is 0.462. The number of carbonyl (C=O) groups is 1. The number of hydrogen-bond acceptors (Lipinski definition) is 2. The van der Waals surface area contributed by atoms with Gasteiger partial charge in [0.05, 0.1) is 0 Å². The molecule has 0 aliphatic carbocycles. The minimum Gasteiger partial charge on any atom is -0.508 e. The third-order valence-corrected chi connectivity index (χ3v) is 2.86. The SMILES string of the molecule is CC(C)(C)C(CC(=O)Cl)c1ccc(O)cc1. The number of phenols is 1. The molecule has 0 saturated carbocycles. The second-order valence-electron chi connectivity index (χ2n) is 5.07. The number of benzene rings is 1. The molecule has 1 aromatic carbocycles. The van der Waals surface area contributed by atoms with Crippen molar-refractivity contribution in [2.45, 2.75) is 33.1 Å². The van der Waals surface area contributed by atoms with Gasteiger partial charge >= 0.3 is 0 Å². The number of hydrogen-bond donors (Lipinski definition) is 1.